The molecule has 0 saturated carbocycles. The lowest BCUT2D eigenvalue weighted by atomic mass is 9.98. The van der Waals surface area contributed by atoms with Crippen LogP contribution in [0.3, 0.4) is 0 Å². The minimum atomic E-state index is 0.963. The van der Waals surface area contributed by atoms with Gasteiger partial charge in [0.05, 0.1) is 45.2 Å². The average Bonchev–Trinajstić information content (AvgIpc) is 4.07. The zero-order chi connectivity index (χ0) is 40.5. The number of para-hydroxylation sites is 7. The minimum absolute atomic E-state index is 0.963. The van der Waals surface area contributed by atoms with Crippen molar-refractivity contribution in [2.24, 2.45) is 0 Å². The van der Waals surface area contributed by atoms with Gasteiger partial charge >= 0.3 is 0 Å². The first kappa shape index (κ1) is 33.4. The summed E-state index contributed by atoms with van der Waals surface area (Å²) < 4.78 is 4.98. The average molecular weight is 790 g/mol. The van der Waals surface area contributed by atoms with Crippen molar-refractivity contribution in [2.75, 3.05) is 9.80 Å². The fraction of sp³-hybridized carbons (Fsp3) is 0. The zero-order valence-electron chi connectivity index (χ0n) is 33.4. The Morgan fingerprint density at radius 2 is 0.774 bits per heavy atom. The summed E-state index contributed by atoms with van der Waals surface area (Å²) in [5.41, 5.74) is 13.4. The highest BCUT2D eigenvalue weighted by Gasteiger charge is 2.29. The van der Waals surface area contributed by atoms with Gasteiger partial charge in [0, 0.05) is 65.8 Å². The van der Waals surface area contributed by atoms with E-state index in [0.717, 1.165) is 56.3 Å². The Balaban J connectivity index is 1.17. The Kier molecular flexibility index (Phi) is 6.77. The molecule has 0 aliphatic heterocycles. The molecule has 0 bridgehead atoms. The first-order chi connectivity index (χ1) is 30.8. The fourth-order valence-corrected chi connectivity index (χ4v) is 10.7. The van der Waals surface area contributed by atoms with Gasteiger partial charge in [-0.25, -0.2) is 4.98 Å². The van der Waals surface area contributed by atoms with E-state index in [1.165, 1.54) is 64.9 Å². The molecule has 5 nitrogen and oxygen atoms in total. The predicted molar refractivity (Wildman–Crippen MR) is 260 cm³/mol. The van der Waals surface area contributed by atoms with Crippen molar-refractivity contribution in [2.45, 2.75) is 0 Å². The van der Waals surface area contributed by atoms with Gasteiger partial charge in [0.25, 0.3) is 0 Å². The third kappa shape index (κ3) is 4.38. The van der Waals surface area contributed by atoms with Crippen LogP contribution in [0.5, 0.6) is 0 Å². The Morgan fingerprint density at radius 3 is 1.35 bits per heavy atom. The summed E-state index contributed by atoms with van der Waals surface area (Å²) in [5, 5.41) is 12.3. The van der Waals surface area contributed by atoms with E-state index < -0.39 is 0 Å². The highest BCUT2D eigenvalue weighted by molar-refractivity contribution is 6.39. The lowest BCUT2D eigenvalue weighted by Crippen LogP contribution is -2.10. The van der Waals surface area contributed by atoms with Crippen LogP contribution < -0.4 is 9.80 Å². The molecular formula is C57H35N5. The first-order valence-electron chi connectivity index (χ1n) is 21.2. The molecule has 0 atom stereocenters. The number of nitrogens with zero attached hydrogens (tertiary/aromatic N) is 5. The van der Waals surface area contributed by atoms with Gasteiger partial charge in [0.1, 0.15) is 5.65 Å². The maximum absolute atomic E-state index is 5.58. The maximum Gasteiger partial charge on any atom is 0.146 e. The van der Waals surface area contributed by atoms with Crippen LogP contribution in [0.25, 0.3) is 87.1 Å². The first-order valence-corrected chi connectivity index (χ1v) is 21.2. The van der Waals surface area contributed by atoms with Gasteiger partial charge in [-0.05, 0) is 77.5 Å². The second kappa shape index (κ2) is 12.6. The van der Waals surface area contributed by atoms with Crippen LogP contribution >= 0.6 is 0 Å². The van der Waals surface area contributed by atoms with E-state index in [1.807, 2.05) is 0 Å². The number of benzene rings is 9. The summed E-state index contributed by atoms with van der Waals surface area (Å²) in [6.07, 6.45) is 2.15. The quantitative estimate of drug-likeness (QED) is 0.168. The monoisotopic (exact) mass is 789 g/mol. The molecule has 5 aromatic heterocycles. The fourth-order valence-electron chi connectivity index (χ4n) is 10.7. The number of hydrogen-bond acceptors (Lipinski definition) is 3. The Morgan fingerprint density at radius 1 is 0.323 bits per heavy atom. The molecule has 0 N–H and O–H groups in total. The number of fused-ring (bicyclic) bond motifs is 15. The summed E-state index contributed by atoms with van der Waals surface area (Å²) in [4.78, 5) is 10.4. The van der Waals surface area contributed by atoms with Gasteiger partial charge < -0.3 is 14.2 Å². The van der Waals surface area contributed by atoms with E-state index in [0.29, 0.717) is 0 Å². The molecule has 0 aliphatic carbocycles. The van der Waals surface area contributed by atoms with Crippen molar-refractivity contribution in [3.05, 3.63) is 212 Å². The van der Waals surface area contributed by atoms with Crippen molar-refractivity contribution in [1.29, 1.82) is 0 Å². The largest absolute Gasteiger partial charge is 0.308 e. The molecule has 14 aromatic rings. The van der Waals surface area contributed by atoms with Gasteiger partial charge in [-0.15, -0.1) is 0 Å². The summed E-state index contributed by atoms with van der Waals surface area (Å²) in [7, 11) is 0. The van der Waals surface area contributed by atoms with E-state index in [2.05, 4.69) is 231 Å². The topological polar surface area (TPSA) is 28.2 Å². The van der Waals surface area contributed by atoms with Crippen molar-refractivity contribution in [1.82, 2.24) is 13.8 Å². The molecule has 5 heteroatoms. The van der Waals surface area contributed by atoms with Crippen LogP contribution in [-0.4, -0.2) is 13.8 Å². The minimum Gasteiger partial charge on any atom is -0.308 e. The summed E-state index contributed by atoms with van der Waals surface area (Å²) in [5.74, 6) is 0. The molecule has 0 unspecified atom stereocenters. The molecule has 0 amide bonds. The summed E-state index contributed by atoms with van der Waals surface area (Å²) in [6.45, 7) is 0. The van der Waals surface area contributed by atoms with Crippen molar-refractivity contribution in [3.8, 4) is 0 Å². The number of aromatic nitrogens is 3. The Hall–Kier alpha value is -8.41. The zero-order valence-corrected chi connectivity index (χ0v) is 33.4. The Bertz CT molecular complexity index is 3950. The van der Waals surface area contributed by atoms with E-state index in [-0.39, 0.29) is 0 Å². The molecule has 0 spiro atoms. The predicted octanol–water partition coefficient (Wildman–Crippen LogP) is 15.5. The molecule has 62 heavy (non-hydrogen) atoms. The molecule has 9 aromatic carbocycles. The van der Waals surface area contributed by atoms with Gasteiger partial charge in [0.2, 0.25) is 0 Å². The molecule has 5 heterocycles. The van der Waals surface area contributed by atoms with Crippen LogP contribution in [-0.2, 0) is 0 Å². The lowest BCUT2D eigenvalue weighted by Gasteiger charge is -2.26. The van der Waals surface area contributed by atoms with Gasteiger partial charge in [0.15, 0.2) is 0 Å². The molecule has 14 rings (SSSR count). The maximum atomic E-state index is 5.58. The molecule has 288 valence electrons. The van der Waals surface area contributed by atoms with Gasteiger partial charge in [-0.2, -0.15) is 0 Å². The molecular weight excluding hydrogens is 755 g/mol. The second-order valence-corrected chi connectivity index (χ2v) is 16.3. The van der Waals surface area contributed by atoms with Crippen LogP contribution in [0.15, 0.2) is 212 Å². The number of hydrogen-bond donors (Lipinski definition) is 0. The normalized spacial score (nSPS) is 12.2. The van der Waals surface area contributed by atoms with Crippen LogP contribution in [0.4, 0.5) is 34.1 Å². The molecule has 0 radical (unpaired) electrons. The highest BCUT2D eigenvalue weighted by atomic mass is 15.2. The van der Waals surface area contributed by atoms with E-state index in [1.54, 1.807) is 0 Å². The van der Waals surface area contributed by atoms with Crippen LogP contribution in [0, 0.1) is 0 Å². The number of pyridine rings is 1. The number of rotatable bonds is 6. The third-order valence-electron chi connectivity index (χ3n) is 13.1. The third-order valence-corrected chi connectivity index (χ3v) is 13.1. The molecule has 0 fully saturated rings. The molecule has 0 saturated heterocycles. The lowest BCUT2D eigenvalue weighted by molar-refractivity contribution is 1.23. The summed E-state index contributed by atoms with van der Waals surface area (Å²) in [6, 6.07) is 74.5. The van der Waals surface area contributed by atoms with Crippen molar-refractivity contribution >= 4 is 121 Å². The van der Waals surface area contributed by atoms with Crippen molar-refractivity contribution < 1.29 is 0 Å². The van der Waals surface area contributed by atoms with E-state index >= 15 is 0 Å². The SMILES string of the molecule is c1ccc(N(c2ccccc2)c2cccc3c4cc5ccccc5c5c6c7c8cccc9c%10cccc(N(c%11ccccc%11)c%11ccccc%11)c%10n(c7ncc6n(c23)c45)c98)cc1. The van der Waals surface area contributed by atoms with Gasteiger partial charge in [-0.1, -0.05) is 140 Å². The number of anilines is 6. The van der Waals surface area contributed by atoms with E-state index in [9.17, 15) is 0 Å². The highest BCUT2D eigenvalue weighted by Crippen LogP contribution is 2.52. The van der Waals surface area contributed by atoms with Crippen LogP contribution in [0.1, 0.15) is 0 Å². The van der Waals surface area contributed by atoms with Crippen molar-refractivity contribution in [3.63, 3.8) is 0 Å². The second-order valence-electron chi connectivity index (χ2n) is 16.3. The summed E-state index contributed by atoms with van der Waals surface area (Å²) >= 11 is 0. The smallest absolute Gasteiger partial charge is 0.146 e. The van der Waals surface area contributed by atoms with Gasteiger partial charge in [-0.3, -0.25) is 4.40 Å². The van der Waals surface area contributed by atoms with E-state index in [4.69, 9.17) is 4.98 Å². The Labute approximate surface area is 355 Å². The van der Waals surface area contributed by atoms with Crippen LogP contribution in [0.2, 0.25) is 0 Å². The standard InChI is InChI=1S/C57H35N5/c1-5-19-37(20-6-1)59(38-21-7-2-8-22-38)47-32-17-30-44-46-34-36-18-13-14-27-41(36)50-52-49(61(54(44)47)56(46)50)35-58-57-51(52)45-31-15-28-42-43-29-16-33-48(55(43)62(57)53(42)45)60(39-23-9-3-10-24-39)40-25-11-4-12-26-40/h1-35H. The molecule has 0 aliphatic rings.